The van der Waals surface area contributed by atoms with Crippen LogP contribution in [0, 0.1) is 23.1 Å². The van der Waals surface area contributed by atoms with Crippen LogP contribution in [0.25, 0.3) is 0 Å². The Balaban J connectivity index is 1.90. The molecular formula is C43H69FN6O6S. The predicted molar refractivity (Wildman–Crippen MR) is 224 cm³/mol. The smallest absolute Gasteiger partial charge is 0.309 e. The summed E-state index contributed by atoms with van der Waals surface area (Å²) >= 11 is 1.29. The minimum absolute atomic E-state index is 0.00190. The molecule has 1 aromatic carbocycles. The van der Waals surface area contributed by atoms with Gasteiger partial charge in [0.2, 0.25) is 11.8 Å². The number of thiazole rings is 1. The third kappa shape index (κ3) is 14.3. The van der Waals surface area contributed by atoms with Crippen LogP contribution in [-0.2, 0) is 25.5 Å². The average molecular weight is 817 g/mol. The van der Waals surface area contributed by atoms with E-state index in [4.69, 9.17) is 15.5 Å². The Morgan fingerprint density at radius 2 is 1.84 bits per heavy atom. The van der Waals surface area contributed by atoms with Crippen LogP contribution >= 0.6 is 11.3 Å². The van der Waals surface area contributed by atoms with E-state index in [0.717, 1.165) is 57.9 Å². The zero-order valence-electron chi connectivity index (χ0n) is 35.5. The quantitative estimate of drug-likeness (QED) is 0.0539. The number of aliphatic carboxylic acids is 1. The lowest BCUT2D eigenvalue weighted by Gasteiger charge is -2.40. The summed E-state index contributed by atoms with van der Waals surface area (Å²) in [5, 5.41) is 21.5. The highest BCUT2D eigenvalue weighted by molar-refractivity contribution is 7.09. The summed E-state index contributed by atoms with van der Waals surface area (Å²) in [5.74, 6) is -2.35. The van der Waals surface area contributed by atoms with Crippen LogP contribution in [-0.4, -0.2) is 82.5 Å². The molecule has 0 radical (unpaired) electrons. The molecule has 3 amide bonds. The molecule has 1 fully saturated rings. The van der Waals surface area contributed by atoms with Crippen molar-refractivity contribution in [2.45, 2.75) is 156 Å². The molecule has 0 spiro atoms. The monoisotopic (exact) mass is 816 g/mol. The number of nitrogens with two attached hydrogens (primary N) is 1. The normalized spacial score (nSPS) is 17.3. The number of anilines is 1. The van der Waals surface area contributed by atoms with Gasteiger partial charge >= 0.3 is 5.97 Å². The number of rotatable bonds is 24. The van der Waals surface area contributed by atoms with Crippen molar-refractivity contribution in [3.8, 4) is 0 Å². The first kappa shape index (κ1) is 47.8. The first-order chi connectivity index (χ1) is 27.0. The zero-order valence-corrected chi connectivity index (χ0v) is 36.3. The van der Waals surface area contributed by atoms with Crippen molar-refractivity contribution in [3.63, 3.8) is 0 Å². The summed E-state index contributed by atoms with van der Waals surface area (Å²) in [7, 11) is 0. The highest BCUT2D eigenvalue weighted by Gasteiger charge is 2.38. The molecule has 0 bridgehead atoms. The summed E-state index contributed by atoms with van der Waals surface area (Å²) in [6.45, 7) is 17.2. The molecule has 1 saturated heterocycles. The van der Waals surface area contributed by atoms with Crippen molar-refractivity contribution in [2.75, 3.05) is 25.4 Å². The van der Waals surface area contributed by atoms with E-state index in [0.29, 0.717) is 30.1 Å². The molecule has 0 aliphatic carbocycles. The number of ether oxygens (including phenoxy) is 1. The second-order valence-corrected chi connectivity index (χ2v) is 17.5. The molecule has 0 saturated carbocycles. The fraction of sp³-hybridized carbons (Fsp3) is 0.698. The van der Waals surface area contributed by atoms with Gasteiger partial charge in [-0.15, -0.1) is 11.3 Å². The number of carboxylic acids is 1. The molecule has 6 atom stereocenters. The molecule has 1 aliphatic heterocycles. The number of nitrogens with one attached hydrogen (secondary N) is 3. The van der Waals surface area contributed by atoms with Gasteiger partial charge < -0.3 is 36.4 Å². The first-order valence-corrected chi connectivity index (χ1v) is 21.9. The Morgan fingerprint density at radius 3 is 2.44 bits per heavy atom. The number of benzene rings is 1. The molecule has 2 heterocycles. The van der Waals surface area contributed by atoms with Gasteiger partial charge in [0.25, 0.3) is 5.91 Å². The molecule has 6 N–H and O–H groups in total. The number of piperidine rings is 1. The second-order valence-electron chi connectivity index (χ2n) is 16.7. The van der Waals surface area contributed by atoms with Gasteiger partial charge in [-0.05, 0) is 89.0 Å². The van der Waals surface area contributed by atoms with Crippen molar-refractivity contribution >= 4 is 40.7 Å². The van der Waals surface area contributed by atoms with Crippen LogP contribution in [0.4, 0.5) is 10.1 Å². The lowest BCUT2D eigenvalue weighted by atomic mass is 9.84. The highest BCUT2D eigenvalue weighted by Crippen LogP contribution is 2.32. The molecule has 12 nitrogen and oxygen atoms in total. The number of halogens is 1. The third-order valence-electron chi connectivity index (χ3n) is 11.2. The summed E-state index contributed by atoms with van der Waals surface area (Å²) < 4.78 is 20.6. The van der Waals surface area contributed by atoms with Gasteiger partial charge in [-0.2, -0.15) is 0 Å². The van der Waals surface area contributed by atoms with Crippen LogP contribution < -0.4 is 21.7 Å². The number of hydrogen-bond acceptors (Lipinski definition) is 9. The van der Waals surface area contributed by atoms with Crippen LogP contribution in [0.3, 0.4) is 0 Å². The fourth-order valence-corrected chi connectivity index (χ4v) is 8.28. The van der Waals surface area contributed by atoms with E-state index in [1.165, 1.54) is 23.5 Å². The third-order valence-corrected chi connectivity index (χ3v) is 12.1. The van der Waals surface area contributed by atoms with Crippen molar-refractivity contribution in [2.24, 2.45) is 17.3 Å². The number of hydrogen-bond donors (Lipinski definition) is 5. The van der Waals surface area contributed by atoms with Crippen molar-refractivity contribution in [1.29, 1.82) is 0 Å². The number of unbranched alkanes of at least 4 members (excludes halogenated alkanes) is 3. The first-order valence-electron chi connectivity index (χ1n) is 21.0. The zero-order chi connectivity index (χ0) is 42.3. The predicted octanol–water partition coefficient (Wildman–Crippen LogP) is 7.28. The molecule has 0 unspecified atom stereocenters. The van der Waals surface area contributed by atoms with E-state index >= 15 is 0 Å². The number of carbonyl (C=O) groups excluding carboxylic acids is 3. The van der Waals surface area contributed by atoms with Gasteiger partial charge in [-0.3, -0.25) is 19.2 Å². The van der Waals surface area contributed by atoms with Crippen LogP contribution in [0.1, 0.15) is 147 Å². The number of carbonyl (C=O) groups is 4. The molecule has 14 heteroatoms. The maximum Gasteiger partial charge on any atom is 0.309 e. The van der Waals surface area contributed by atoms with E-state index in [2.05, 4.69) is 36.7 Å². The molecule has 1 aliphatic rings. The van der Waals surface area contributed by atoms with Gasteiger partial charge in [0.1, 0.15) is 28.7 Å². The Hall–Kier alpha value is -3.62. The van der Waals surface area contributed by atoms with Gasteiger partial charge in [-0.1, -0.05) is 72.8 Å². The van der Waals surface area contributed by atoms with Crippen molar-refractivity contribution in [1.82, 2.24) is 25.8 Å². The molecule has 3 rings (SSSR count). The standard InChI is InChI=1S/C43H69FN6O6S/c1-9-12-13-16-21-50(41(53)37(28(6)10-2)49-38(51)33-17-14-15-20-46-33)35(27(4)5)24-36(56-11-3)40-48-34(26-57-40)39(52)47-30(25-43(7,8)42(54)55)22-29-18-19-32(45)31(44)23-29/h18-19,23,26-28,30,33,35-37,46H,9-17,20-22,24-25,45H2,1-8H3,(H,47,52)(H,49,51)(H,54,55)/t28-,30-,33+,35+,36+,37-/m0/s1. The second kappa shape index (κ2) is 23.1. The van der Waals surface area contributed by atoms with Crippen LogP contribution in [0.2, 0.25) is 0 Å². The number of carboxylic acid groups (broad SMARTS) is 1. The van der Waals surface area contributed by atoms with E-state index in [1.54, 1.807) is 25.3 Å². The van der Waals surface area contributed by atoms with Crippen LogP contribution in [0.15, 0.2) is 23.6 Å². The summed E-state index contributed by atoms with van der Waals surface area (Å²) in [5.41, 5.74) is 5.23. The molecular weight excluding hydrogens is 748 g/mol. The van der Waals surface area contributed by atoms with Gasteiger partial charge in [0, 0.05) is 37.0 Å². The lowest BCUT2D eigenvalue weighted by molar-refractivity contribution is -0.147. The van der Waals surface area contributed by atoms with Gasteiger partial charge in [0.15, 0.2) is 0 Å². The maximum absolute atomic E-state index is 14.8. The average Bonchev–Trinajstić information content (AvgIpc) is 3.67. The molecule has 1 aromatic heterocycles. The van der Waals surface area contributed by atoms with Gasteiger partial charge in [-0.25, -0.2) is 9.37 Å². The fourth-order valence-electron chi connectivity index (χ4n) is 7.42. The Bertz CT molecular complexity index is 1600. The maximum atomic E-state index is 14.8. The minimum Gasteiger partial charge on any atom is -0.481 e. The Morgan fingerprint density at radius 1 is 1.11 bits per heavy atom. The van der Waals surface area contributed by atoms with Gasteiger partial charge in [0.05, 0.1) is 17.1 Å². The number of aromatic nitrogens is 1. The minimum atomic E-state index is -1.17. The van der Waals surface area contributed by atoms with Crippen molar-refractivity contribution in [3.05, 3.63) is 45.7 Å². The molecule has 320 valence electrons. The summed E-state index contributed by atoms with van der Waals surface area (Å²) in [6, 6.07) is 2.52. The van der Waals surface area contributed by atoms with E-state index in [-0.39, 0.29) is 60.0 Å². The molecule has 57 heavy (non-hydrogen) atoms. The number of amides is 3. The Kier molecular flexibility index (Phi) is 19.3. The number of nitrogen functional groups attached to an aromatic ring is 1. The highest BCUT2D eigenvalue weighted by atomic mass is 32.1. The Labute approximate surface area is 343 Å². The van der Waals surface area contributed by atoms with Crippen molar-refractivity contribution < 1.29 is 33.4 Å². The van der Waals surface area contributed by atoms with E-state index in [9.17, 15) is 28.7 Å². The molecule has 2 aromatic rings. The van der Waals surface area contributed by atoms with E-state index in [1.807, 2.05) is 25.7 Å². The topological polar surface area (TPSA) is 176 Å². The van der Waals surface area contributed by atoms with Crippen LogP contribution in [0.5, 0.6) is 0 Å². The SMILES string of the molecule is CCCCCCN(C(=O)[C@@H](NC(=O)[C@H]1CCCCN1)[C@@H](C)CC)[C@H](C[C@@H](OCC)c1nc(C(=O)N[C@@H](Cc2ccc(N)c(F)c2)CC(C)(C)C(=O)O)cs1)C(C)C. The lowest BCUT2D eigenvalue weighted by Crippen LogP contribution is -2.58. The largest absolute Gasteiger partial charge is 0.481 e. The summed E-state index contributed by atoms with van der Waals surface area (Å²) in [6.07, 6.45) is 7.59. The summed E-state index contributed by atoms with van der Waals surface area (Å²) in [4.78, 5) is 60.8. The van der Waals surface area contributed by atoms with E-state index < -0.39 is 41.3 Å². The number of nitrogens with zero attached hydrogens (tertiary/aromatic N) is 2.